The number of ketones is 1. The highest BCUT2D eigenvalue weighted by atomic mass is 16.3. The third kappa shape index (κ3) is 1.97. The van der Waals surface area contributed by atoms with Crippen molar-refractivity contribution in [2.75, 3.05) is 0 Å². The van der Waals surface area contributed by atoms with E-state index in [1.807, 2.05) is 6.08 Å². The first-order valence-corrected chi connectivity index (χ1v) is 9.41. The fourth-order valence-corrected chi connectivity index (χ4v) is 5.96. The normalized spacial score (nSPS) is 40.5. The van der Waals surface area contributed by atoms with Crippen LogP contribution in [0.5, 0.6) is 0 Å². The molecule has 0 spiro atoms. The summed E-state index contributed by atoms with van der Waals surface area (Å²) >= 11 is 0. The van der Waals surface area contributed by atoms with Crippen molar-refractivity contribution in [3.63, 3.8) is 0 Å². The Bertz CT molecular complexity index is 717. The molecule has 0 aromatic rings. The zero-order chi connectivity index (χ0) is 16.9. The van der Waals surface area contributed by atoms with Gasteiger partial charge < -0.3 is 5.11 Å². The minimum atomic E-state index is -1.00. The molecule has 0 aromatic heterocycles. The second-order valence-electron chi connectivity index (χ2n) is 7.99. The SMILES string of the molecule is C#C[C@]1(O)CCC2C3CCC4=CC(=O)CCC4=C3C=CC21CCC. The molecule has 4 atom stereocenters. The molecule has 0 bridgehead atoms. The van der Waals surface area contributed by atoms with Gasteiger partial charge in [-0.15, -0.1) is 6.42 Å². The smallest absolute Gasteiger partial charge is 0.156 e. The molecule has 126 valence electrons. The number of rotatable bonds is 2. The Kier molecular flexibility index (Phi) is 3.62. The van der Waals surface area contributed by atoms with E-state index in [2.05, 4.69) is 25.0 Å². The van der Waals surface area contributed by atoms with Crippen molar-refractivity contribution >= 4 is 5.78 Å². The first-order valence-electron chi connectivity index (χ1n) is 9.41. The van der Waals surface area contributed by atoms with Gasteiger partial charge in [-0.1, -0.05) is 31.4 Å². The van der Waals surface area contributed by atoms with Gasteiger partial charge in [0.2, 0.25) is 0 Å². The van der Waals surface area contributed by atoms with E-state index in [-0.39, 0.29) is 11.2 Å². The van der Waals surface area contributed by atoms with Gasteiger partial charge in [-0.2, -0.15) is 0 Å². The number of carbonyl (C=O) groups is 1. The molecule has 0 radical (unpaired) electrons. The third-order valence-corrected chi connectivity index (χ3v) is 7.01. The lowest BCUT2D eigenvalue weighted by Gasteiger charge is -2.49. The monoisotopic (exact) mass is 322 g/mol. The molecule has 0 aliphatic heterocycles. The molecule has 0 amide bonds. The lowest BCUT2D eigenvalue weighted by molar-refractivity contribution is -0.114. The summed E-state index contributed by atoms with van der Waals surface area (Å²) in [4.78, 5) is 11.7. The Morgan fingerprint density at radius 1 is 1.33 bits per heavy atom. The van der Waals surface area contributed by atoms with E-state index < -0.39 is 5.60 Å². The van der Waals surface area contributed by atoms with Crippen LogP contribution >= 0.6 is 0 Å². The van der Waals surface area contributed by atoms with Gasteiger partial charge in [0.15, 0.2) is 5.78 Å². The van der Waals surface area contributed by atoms with Crippen molar-refractivity contribution in [1.29, 1.82) is 0 Å². The number of hydrogen-bond acceptors (Lipinski definition) is 2. The van der Waals surface area contributed by atoms with E-state index in [1.54, 1.807) is 0 Å². The highest BCUT2D eigenvalue weighted by Gasteiger charge is 2.60. The van der Waals surface area contributed by atoms with Crippen LogP contribution in [0.1, 0.15) is 58.3 Å². The van der Waals surface area contributed by atoms with Gasteiger partial charge in [0.05, 0.1) is 0 Å². The van der Waals surface area contributed by atoms with E-state index in [9.17, 15) is 9.90 Å². The molecule has 4 rings (SSSR count). The Hall–Kier alpha value is -1.59. The zero-order valence-electron chi connectivity index (χ0n) is 14.5. The standard InChI is InChI=1S/C22H26O2/c1-3-11-21-12-9-18-17-8-6-16(23)14-15(17)5-7-19(18)20(21)10-13-22(21,24)4-2/h2,9,12,14,19-20,24H,3,5-8,10-11,13H2,1H3/t19?,20?,21?,22-/m0/s1. The van der Waals surface area contributed by atoms with Crippen LogP contribution in [-0.4, -0.2) is 16.5 Å². The lowest BCUT2D eigenvalue weighted by atomic mass is 9.56. The Balaban J connectivity index is 1.84. The van der Waals surface area contributed by atoms with E-state index in [1.165, 1.54) is 16.7 Å². The van der Waals surface area contributed by atoms with E-state index in [0.717, 1.165) is 38.5 Å². The molecule has 4 aliphatic carbocycles. The zero-order valence-corrected chi connectivity index (χ0v) is 14.5. The second kappa shape index (κ2) is 5.46. The quantitative estimate of drug-likeness (QED) is 0.777. The van der Waals surface area contributed by atoms with Gasteiger partial charge in [-0.25, -0.2) is 0 Å². The summed E-state index contributed by atoms with van der Waals surface area (Å²) in [5.74, 6) is 3.95. The lowest BCUT2D eigenvalue weighted by Crippen LogP contribution is -2.48. The van der Waals surface area contributed by atoms with E-state index >= 15 is 0 Å². The van der Waals surface area contributed by atoms with Crippen LogP contribution < -0.4 is 0 Å². The minimum absolute atomic E-state index is 0.267. The molecular formula is C22H26O2. The first kappa shape index (κ1) is 15.9. The van der Waals surface area contributed by atoms with Crippen LogP contribution in [0.3, 0.4) is 0 Å². The maximum Gasteiger partial charge on any atom is 0.156 e. The van der Waals surface area contributed by atoms with Crippen LogP contribution in [0.15, 0.2) is 34.9 Å². The van der Waals surface area contributed by atoms with Crippen molar-refractivity contribution in [1.82, 2.24) is 0 Å². The molecule has 24 heavy (non-hydrogen) atoms. The molecule has 2 nitrogen and oxygen atoms in total. The van der Waals surface area contributed by atoms with Crippen LogP contribution in [0, 0.1) is 29.6 Å². The predicted octanol–water partition coefficient (Wildman–Crippen LogP) is 4.11. The van der Waals surface area contributed by atoms with E-state index in [4.69, 9.17) is 6.42 Å². The molecule has 1 fully saturated rings. The Morgan fingerprint density at radius 3 is 2.92 bits per heavy atom. The van der Waals surface area contributed by atoms with Crippen molar-refractivity contribution in [3.8, 4) is 12.3 Å². The molecule has 2 heteroatoms. The Labute approximate surface area is 144 Å². The van der Waals surface area contributed by atoms with Gasteiger partial charge in [-0.05, 0) is 73.2 Å². The third-order valence-electron chi connectivity index (χ3n) is 7.01. The molecule has 0 heterocycles. The van der Waals surface area contributed by atoms with Gasteiger partial charge >= 0.3 is 0 Å². The minimum Gasteiger partial charge on any atom is -0.377 e. The maximum absolute atomic E-state index is 11.7. The van der Waals surface area contributed by atoms with Gasteiger partial charge in [0, 0.05) is 11.8 Å². The molecule has 0 saturated heterocycles. The number of aliphatic hydroxyl groups is 1. The van der Waals surface area contributed by atoms with Gasteiger partial charge in [0.1, 0.15) is 5.60 Å². The van der Waals surface area contributed by atoms with Crippen LogP contribution in [0.25, 0.3) is 0 Å². The number of carbonyl (C=O) groups excluding carboxylic acids is 1. The van der Waals surface area contributed by atoms with Crippen molar-refractivity contribution < 1.29 is 9.90 Å². The topological polar surface area (TPSA) is 37.3 Å². The summed E-state index contributed by atoms with van der Waals surface area (Å²) in [5, 5.41) is 11.2. The Morgan fingerprint density at radius 2 is 2.17 bits per heavy atom. The van der Waals surface area contributed by atoms with Gasteiger partial charge in [0.25, 0.3) is 0 Å². The highest BCUT2D eigenvalue weighted by Crippen LogP contribution is 2.62. The summed E-state index contributed by atoms with van der Waals surface area (Å²) in [6, 6.07) is 0. The fraction of sp³-hybridized carbons (Fsp3) is 0.591. The summed E-state index contributed by atoms with van der Waals surface area (Å²) < 4.78 is 0. The number of hydrogen-bond donors (Lipinski definition) is 1. The summed E-state index contributed by atoms with van der Waals surface area (Å²) in [6.45, 7) is 2.18. The predicted molar refractivity (Wildman–Crippen MR) is 95.1 cm³/mol. The van der Waals surface area contributed by atoms with Crippen molar-refractivity contribution in [3.05, 3.63) is 34.9 Å². The van der Waals surface area contributed by atoms with Crippen LogP contribution in [0.2, 0.25) is 0 Å². The number of fused-ring (bicyclic) bond motifs is 4. The largest absolute Gasteiger partial charge is 0.377 e. The summed E-state index contributed by atoms with van der Waals surface area (Å²) in [6.07, 6.45) is 19.5. The average Bonchev–Trinajstić information content (AvgIpc) is 2.88. The van der Waals surface area contributed by atoms with Crippen LogP contribution in [-0.2, 0) is 4.79 Å². The van der Waals surface area contributed by atoms with Gasteiger partial charge in [-0.3, -0.25) is 4.79 Å². The molecular weight excluding hydrogens is 296 g/mol. The highest BCUT2D eigenvalue weighted by molar-refractivity contribution is 5.93. The molecule has 0 aromatic carbocycles. The van der Waals surface area contributed by atoms with Crippen molar-refractivity contribution in [2.45, 2.75) is 63.9 Å². The number of terminal acetylenes is 1. The second-order valence-corrected chi connectivity index (χ2v) is 7.99. The maximum atomic E-state index is 11.7. The van der Waals surface area contributed by atoms with E-state index in [0.29, 0.717) is 24.7 Å². The van der Waals surface area contributed by atoms with Crippen LogP contribution in [0.4, 0.5) is 0 Å². The number of allylic oxidation sites excluding steroid dienone is 5. The average molecular weight is 322 g/mol. The molecule has 4 aliphatic rings. The summed E-state index contributed by atoms with van der Waals surface area (Å²) in [7, 11) is 0. The van der Waals surface area contributed by atoms with Crippen molar-refractivity contribution in [2.24, 2.45) is 17.3 Å². The first-order chi connectivity index (χ1) is 11.5. The fourth-order valence-electron chi connectivity index (χ4n) is 5.96. The molecule has 3 unspecified atom stereocenters. The molecule has 1 saturated carbocycles. The molecule has 1 N–H and O–H groups in total. The summed E-state index contributed by atoms with van der Waals surface area (Å²) in [5.41, 5.74) is 2.83.